The van der Waals surface area contributed by atoms with Crippen molar-refractivity contribution in [3.63, 3.8) is 0 Å². The van der Waals surface area contributed by atoms with E-state index in [1.807, 2.05) is 54.6 Å². The molecule has 0 spiro atoms. The number of para-hydroxylation sites is 1. The second-order valence-electron chi connectivity index (χ2n) is 4.84. The molecule has 104 valence electrons. The highest BCUT2D eigenvalue weighted by atomic mass is 16.3. The number of aromatic amines is 1. The van der Waals surface area contributed by atoms with Crippen LogP contribution in [0.15, 0.2) is 65.5 Å². The van der Waals surface area contributed by atoms with Gasteiger partial charge in [-0.3, -0.25) is 4.79 Å². The first-order valence-electron chi connectivity index (χ1n) is 6.80. The summed E-state index contributed by atoms with van der Waals surface area (Å²) in [5.41, 5.74) is 1.86. The van der Waals surface area contributed by atoms with E-state index in [9.17, 15) is 9.90 Å². The summed E-state index contributed by atoms with van der Waals surface area (Å²) in [5, 5.41) is 10.9. The number of allylic oxidation sites excluding steroid dienone is 1. The maximum atomic E-state index is 12.0. The molecule has 0 aliphatic heterocycles. The van der Waals surface area contributed by atoms with Gasteiger partial charge in [-0.05, 0) is 24.1 Å². The molecule has 0 saturated carbocycles. The van der Waals surface area contributed by atoms with Crippen molar-refractivity contribution in [2.45, 2.75) is 6.42 Å². The minimum absolute atomic E-state index is 0.0621. The lowest BCUT2D eigenvalue weighted by Crippen LogP contribution is -2.12. The van der Waals surface area contributed by atoms with Gasteiger partial charge in [-0.1, -0.05) is 54.6 Å². The lowest BCUT2D eigenvalue weighted by Gasteiger charge is -2.05. The molecule has 0 saturated heterocycles. The SMILES string of the molecule is O=c1[nH]c2ccccc2c(O)c1C/C=C/c1ccccc1. The van der Waals surface area contributed by atoms with Crippen LogP contribution in [0.3, 0.4) is 0 Å². The number of H-pyrrole nitrogens is 1. The molecule has 0 atom stereocenters. The molecule has 0 aliphatic carbocycles. The van der Waals surface area contributed by atoms with E-state index in [1.54, 1.807) is 12.1 Å². The molecule has 0 unspecified atom stereocenters. The first-order chi connectivity index (χ1) is 10.3. The standard InChI is InChI=1S/C18H15NO2/c20-17-14-10-4-5-12-16(14)19-18(21)15(17)11-6-9-13-7-2-1-3-8-13/h1-10,12H,11H2,(H2,19,20,21)/b9-6+. The molecular weight excluding hydrogens is 262 g/mol. The Kier molecular flexibility index (Phi) is 3.56. The summed E-state index contributed by atoms with van der Waals surface area (Å²) in [4.78, 5) is 14.8. The summed E-state index contributed by atoms with van der Waals surface area (Å²) < 4.78 is 0. The highest BCUT2D eigenvalue weighted by molar-refractivity contribution is 5.85. The number of hydrogen-bond acceptors (Lipinski definition) is 2. The number of benzene rings is 2. The van der Waals surface area contributed by atoms with Gasteiger partial charge in [0.15, 0.2) is 0 Å². The summed E-state index contributed by atoms with van der Waals surface area (Å²) in [6.07, 6.45) is 4.21. The third-order valence-corrected chi connectivity index (χ3v) is 3.42. The second-order valence-corrected chi connectivity index (χ2v) is 4.84. The van der Waals surface area contributed by atoms with Crippen LogP contribution < -0.4 is 5.56 Å². The smallest absolute Gasteiger partial charge is 0.255 e. The molecule has 2 aromatic carbocycles. The molecule has 2 N–H and O–H groups in total. The molecule has 1 aromatic heterocycles. The van der Waals surface area contributed by atoms with E-state index in [0.29, 0.717) is 22.9 Å². The van der Waals surface area contributed by atoms with Crippen molar-refractivity contribution in [1.29, 1.82) is 0 Å². The van der Waals surface area contributed by atoms with Gasteiger partial charge in [0, 0.05) is 5.39 Å². The van der Waals surface area contributed by atoms with E-state index >= 15 is 0 Å². The highest BCUT2D eigenvalue weighted by Crippen LogP contribution is 2.24. The van der Waals surface area contributed by atoms with Gasteiger partial charge in [0.1, 0.15) is 5.75 Å². The predicted octanol–water partition coefficient (Wildman–Crippen LogP) is 3.49. The van der Waals surface area contributed by atoms with Crippen LogP contribution in [0.4, 0.5) is 0 Å². The van der Waals surface area contributed by atoms with Gasteiger partial charge in [0.05, 0.1) is 11.1 Å². The maximum Gasteiger partial charge on any atom is 0.255 e. The Morgan fingerprint density at radius 3 is 2.52 bits per heavy atom. The zero-order valence-electron chi connectivity index (χ0n) is 11.4. The van der Waals surface area contributed by atoms with Crippen molar-refractivity contribution >= 4 is 17.0 Å². The minimum atomic E-state index is -0.246. The van der Waals surface area contributed by atoms with E-state index in [0.717, 1.165) is 5.56 Å². The molecule has 0 radical (unpaired) electrons. The Morgan fingerprint density at radius 2 is 1.71 bits per heavy atom. The van der Waals surface area contributed by atoms with Gasteiger partial charge in [0.25, 0.3) is 5.56 Å². The molecular formula is C18H15NO2. The summed E-state index contributed by atoms with van der Waals surface area (Å²) in [6, 6.07) is 17.1. The highest BCUT2D eigenvalue weighted by Gasteiger charge is 2.09. The van der Waals surface area contributed by atoms with E-state index in [1.165, 1.54) is 0 Å². The average Bonchev–Trinajstić information content (AvgIpc) is 2.51. The van der Waals surface area contributed by atoms with E-state index in [4.69, 9.17) is 0 Å². The number of nitrogens with one attached hydrogen (secondary N) is 1. The van der Waals surface area contributed by atoms with Crippen LogP contribution in [0.1, 0.15) is 11.1 Å². The van der Waals surface area contributed by atoms with Crippen LogP contribution in [0.5, 0.6) is 5.75 Å². The number of hydrogen-bond donors (Lipinski definition) is 2. The van der Waals surface area contributed by atoms with Crippen molar-refractivity contribution in [3.8, 4) is 5.75 Å². The molecule has 3 nitrogen and oxygen atoms in total. The molecule has 0 bridgehead atoms. The molecule has 0 fully saturated rings. The number of aromatic nitrogens is 1. The summed E-state index contributed by atoms with van der Waals surface area (Å²) in [6.45, 7) is 0. The Labute approximate surface area is 122 Å². The quantitative estimate of drug-likeness (QED) is 0.770. The van der Waals surface area contributed by atoms with Crippen LogP contribution in [0, 0.1) is 0 Å². The van der Waals surface area contributed by atoms with Crippen LogP contribution in [0.25, 0.3) is 17.0 Å². The zero-order valence-corrected chi connectivity index (χ0v) is 11.4. The fraction of sp³-hybridized carbons (Fsp3) is 0.0556. The lowest BCUT2D eigenvalue weighted by atomic mass is 10.1. The van der Waals surface area contributed by atoms with Crippen molar-refractivity contribution < 1.29 is 5.11 Å². The predicted molar refractivity (Wildman–Crippen MR) is 85.4 cm³/mol. The zero-order chi connectivity index (χ0) is 14.7. The number of rotatable bonds is 3. The third kappa shape index (κ3) is 2.72. The second kappa shape index (κ2) is 5.67. The van der Waals surface area contributed by atoms with E-state index in [2.05, 4.69) is 4.98 Å². The van der Waals surface area contributed by atoms with Crippen molar-refractivity contribution in [3.05, 3.63) is 82.2 Å². The van der Waals surface area contributed by atoms with Gasteiger partial charge in [-0.2, -0.15) is 0 Å². The topological polar surface area (TPSA) is 53.1 Å². The average molecular weight is 277 g/mol. The fourth-order valence-corrected chi connectivity index (χ4v) is 2.33. The first-order valence-corrected chi connectivity index (χ1v) is 6.80. The van der Waals surface area contributed by atoms with Crippen LogP contribution in [-0.4, -0.2) is 10.1 Å². The van der Waals surface area contributed by atoms with E-state index < -0.39 is 0 Å². The molecule has 21 heavy (non-hydrogen) atoms. The lowest BCUT2D eigenvalue weighted by molar-refractivity contribution is 0.474. The third-order valence-electron chi connectivity index (χ3n) is 3.42. The number of aromatic hydroxyl groups is 1. The van der Waals surface area contributed by atoms with Crippen molar-refractivity contribution in [1.82, 2.24) is 4.98 Å². The Bertz CT molecular complexity index is 848. The van der Waals surface area contributed by atoms with Crippen molar-refractivity contribution in [2.24, 2.45) is 0 Å². The van der Waals surface area contributed by atoms with Crippen molar-refractivity contribution in [2.75, 3.05) is 0 Å². The largest absolute Gasteiger partial charge is 0.507 e. The Morgan fingerprint density at radius 1 is 1.00 bits per heavy atom. The first kappa shape index (κ1) is 13.2. The van der Waals surface area contributed by atoms with Crippen LogP contribution >= 0.6 is 0 Å². The van der Waals surface area contributed by atoms with Gasteiger partial charge >= 0.3 is 0 Å². The molecule has 0 amide bonds. The fourth-order valence-electron chi connectivity index (χ4n) is 2.33. The van der Waals surface area contributed by atoms with Gasteiger partial charge in [-0.15, -0.1) is 0 Å². The van der Waals surface area contributed by atoms with Gasteiger partial charge < -0.3 is 10.1 Å². The van der Waals surface area contributed by atoms with Gasteiger partial charge in [-0.25, -0.2) is 0 Å². The summed E-state index contributed by atoms with van der Waals surface area (Å²) in [5.74, 6) is 0.0621. The number of fused-ring (bicyclic) bond motifs is 1. The monoisotopic (exact) mass is 277 g/mol. The minimum Gasteiger partial charge on any atom is -0.507 e. The van der Waals surface area contributed by atoms with Gasteiger partial charge in [0.2, 0.25) is 0 Å². The molecule has 3 aromatic rings. The number of pyridine rings is 1. The summed E-state index contributed by atoms with van der Waals surface area (Å²) >= 11 is 0. The Balaban J connectivity index is 1.94. The molecule has 3 heteroatoms. The van der Waals surface area contributed by atoms with Crippen LogP contribution in [-0.2, 0) is 6.42 Å². The van der Waals surface area contributed by atoms with E-state index in [-0.39, 0.29) is 11.3 Å². The van der Waals surface area contributed by atoms with Crippen LogP contribution in [0.2, 0.25) is 0 Å². The molecule has 1 heterocycles. The molecule has 0 aliphatic rings. The normalized spacial score (nSPS) is 11.2. The summed E-state index contributed by atoms with van der Waals surface area (Å²) in [7, 11) is 0. The molecule has 3 rings (SSSR count). The Hall–Kier alpha value is -2.81. The maximum absolute atomic E-state index is 12.0.